The maximum atomic E-state index is 8.25. The molecule has 16 nitrogen and oxygen atoms in total. The van der Waals surface area contributed by atoms with E-state index < -0.39 is 10.2 Å². The number of hydrogen-bond acceptors (Lipinski definition) is 13. The maximum Gasteiger partial charge on any atom is 4.00 e. The van der Waals surface area contributed by atoms with Gasteiger partial charge in [-0.05, 0) is 11.3 Å². The summed E-state index contributed by atoms with van der Waals surface area (Å²) in [6.45, 7) is 0. The van der Waals surface area contributed by atoms with Gasteiger partial charge >= 0.3 is 42.1 Å². The third-order valence-corrected chi connectivity index (χ3v) is 1.45. The Bertz CT molecular complexity index is 486. The van der Waals surface area contributed by atoms with Crippen LogP contribution in [0.1, 0.15) is 0 Å². The minimum atomic E-state index is -1.75. The molecule has 1 aromatic heterocycles. The molecule has 0 amide bonds. The van der Waals surface area contributed by atoms with Crippen molar-refractivity contribution in [1.82, 2.24) is 40.0 Å². The number of benzene rings is 1. The zero-order chi connectivity index (χ0) is 14.7. The summed E-state index contributed by atoms with van der Waals surface area (Å²) in [5.41, 5.74) is 1.88. The molecule has 0 saturated heterocycles. The minimum Gasteiger partial charge on any atom is -0.870 e. The normalized spacial score (nSPS) is 6.00. The van der Waals surface area contributed by atoms with Crippen molar-refractivity contribution < 1.29 is 57.8 Å². The van der Waals surface area contributed by atoms with Crippen LogP contribution in [-0.2, 0) is 42.1 Å². The van der Waals surface area contributed by atoms with Crippen molar-refractivity contribution in [3.63, 3.8) is 0 Å². The van der Waals surface area contributed by atoms with Crippen LogP contribution in [0.15, 0.2) is 36.5 Å². The van der Waals surface area contributed by atoms with Crippen LogP contribution < -0.4 is 29.7 Å². The molecule has 0 radical (unpaired) electrons. The summed E-state index contributed by atoms with van der Waals surface area (Å²) in [6.07, 6.45) is 1.65. The second kappa shape index (κ2) is 30.8. The van der Waals surface area contributed by atoms with Crippen molar-refractivity contribution in [1.29, 1.82) is 0 Å². The summed E-state index contributed by atoms with van der Waals surface area (Å²) in [5, 5.41) is 40.5. The molecule has 0 aliphatic carbocycles. The summed E-state index contributed by atoms with van der Waals surface area (Å²) in [6, 6.07) is 9.85. The van der Waals surface area contributed by atoms with Gasteiger partial charge in [0.05, 0.1) is 10.2 Å². The fourth-order valence-corrected chi connectivity index (χ4v) is 0.922. The van der Waals surface area contributed by atoms with Gasteiger partial charge in [0.25, 0.3) is 0 Å². The SMILES string of the molecule is N.N.N.N.O=[N+]([O-])[O-].O=[N+]([O-])[O-].[OH-].[Pt+4].[Pt+4].c1ccc(-c2c[n-]nn2)cc1. The van der Waals surface area contributed by atoms with Crippen LogP contribution in [-0.4, -0.2) is 26.0 Å². The van der Waals surface area contributed by atoms with Gasteiger partial charge in [-0.15, -0.1) is 0 Å². The van der Waals surface area contributed by atoms with Gasteiger partial charge in [0.1, 0.15) is 0 Å². The van der Waals surface area contributed by atoms with Crippen molar-refractivity contribution in [2.45, 2.75) is 0 Å². The van der Waals surface area contributed by atoms with E-state index in [4.69, 9.17) is 30.6 Å². The first kappa shape index (κ1) is 49.6. The molecular formula is C8H19N9O7Pt2+4. The standard InChI is InChI=1S/C8H6N3.2NO3.4H3N.H2O.2Pt/c1-2-4-7(5-3-1)8-6-9-11-10-8;2*2-1(3)4;;;;;;;/h1-6H;;;4*1H3;1H2;;/q3*-1;;;;;;2*+4/p-1. The van der Waals surface area contributed by atoms with Gasteiger partial charge in [-0.3, -0.25) is 5.21 Å². The molecule has 0 aliphatic heterocycles. The molecular weight excluding hydrogens is 724 g/mol. The van der Waals surface area contributed by atoms with Crippen molar-refractivity contribution >= 4 is 0 Å². The van der Waals surface area contributed by atoms with Crippen LogP contribution in [0.4, 0.5) is 0 Å². The molecule has 0 aliphatic rings. The molecule has 0 unspecified atom stereocenters. The van der Waals surface area contributed by atoms with E-state index >= 15 is 0 Å². The van der Waals surface area contributed by atoms with E-state index in [1.54, 1.807) is 6.20 Å². The van der Waals surface area contributed by atoms with Gasteiger partial charge in [-0.2, -0.15) is 0 Å². The molecule has 1 aromatic carbocycles. The monoisotopic (exact) mass is 743 g/mol. The molecule has 13 N–H and O–H groups in total. The zero-order valence-electron chi connectivity index (χ0n) is 13.1. The number of nitrogens with zero attached hydrogens (tertiary/aromatic N) is 5. The van der Waals surface area contributed by atoms with E-state index in [2.05, 4.69) is 15.4 Å². The molecule has 26 heavy (non-hydrogen) atoms. The fraction of sp³-hybridized carbons (Fsp3) is 0. The van der Waals surface area contributed by atoms with Crippen molar-refractivity contribution in [2.75, 3.05) is 0 Å². The average molecular weight is 743 g/mol. The first-order valence-corrected chi connectivity index (χ1v) is 4.43. The Hall–Kier alpha value is -2.06. The molecule has 0 saturated carbocycles. The van der Waals surface area contributed by atoms with Gasteiger partial charge < -0.3 is 70.9 Å². The van der Waals surface area contributed by atoms with E-state index in [1.165, 1.54) is 0 Å². The predicted octanol–water partition coefficient (Wildman–Crippen LogP) is 1.09. The van der Waals surface area contributed by atoms with E-state index in [0.717, 1.165) is 11.3 Å². The zero-order valence-corrected chi connectivity index (χ0v) is 17.6. The first-order valence-electron chi connectivity index (χ1n) is 4.43. The Morgan fingerprint density at radius 3 is 1.42 bits per heavy atom. The average Bonchev–Trinajstić information content (AvgIpc) is 2.82. The van der Waals surface area contributed by atoms with E-state index in [9.17, 15) is 0 Å². The second-order valence-corrected chi connectivity index (χ2v) is 2.63. The molecule has 0 fully saturated rings. The topological polar surface area (TPSA) is 342 Å². The van der Waals surface area contributed by atoms with Gasteiger partial charge in [0.2, 0.25) is 0 Å². The van der Waals surface area contributed by atoms with Crippen molar-refractivity contribution in [3.8, 4) is 11.3 Å². The largest absolute Gasteiger partial charge is 4.00 e. The predicted molar refractivity (Wildman–Crippen MR) is 83.5 cm³/mol. The quantitative estimate of drug-likeness (QED) is 0.235. The minimum absolute atomic E-state index is 0. The molecule has 2 rings (SSSR count). The van der Waals surface area contributed by atoms with E-state index in [0.29, 0.717) is 0 Å². The van der Waals surface area contributed by atoms with Gasteiger partial charge in [0, 0.05) is 0 Å². The first-order chi connectivity index (χ1) is 8.93. The molecule has 0 bridgehead atoms. The van der Waals surface area contributed by atoms with Crippen LogP contribution in [0.25, 0.3) is 11.3 Å². The Labute approximate surface area is 176 Å². The van der Waals surface area contributed by atoms with Gasteiger partial charge in [-0.25, -0.2) is 0 Å². The summed E-state index contributed by atoms with van der Waals surface area (Å²) in [4.78, 5) is 16.5. The molecule has 1 heterocycles. The summed E-state index contributed by atoms with van der Waals surface area (Å²) in [5.74, 6) is 0. The Balaban J connectivity index is -0.0000000322. The Morgan fingerprint density at radius 2 is 1.15 bits per heavy atom. The van der Waals surface area contributed by atoms with Crippen LogP contribution in [0.3, 0.4) is 0 Å². The van der Waals surface area contributed by atoms with Crippen LogP contribution >= 0.6 is 0 Å². The third-order valence-electron chi connectivity index (χ3n) is 1.45. The third kappa shape index (κ3) is 33.5. The van der Waals surface area contributed by atoms with Gasteiger partial charge in [0.15, 0.2) is 0 Å². The second-order valence-electron chi connectivity index (χ2n) is 2.63. The summed E-state index contributed by atoms with van der Waals surface area (Å²) in [7, 11) is 0. The van der Waals surface area contributed by atoms with Gasteiger partial charge in [-0.1, -0.05) is 36.5 Å². The number of hydrogen-bond donors (Lipinski definition) is 4. The van der Waals surface area contributed by atoms with Crippen LogP contribution in [0, 0.1) is 30.6 Å². The number of aromatic nitrogens is 3. The summed E-state index contributed by atoms with van der Waals surface area (Å²) >= 11 is 0. The molecule has 154 valence electrons. The van der Waals surface area contributed by atoms with E-state index in [1.807, 2.05) is 30.3 Å². The molecule has 0 spiro atoms. The van der Waals surface area contributed by atoms with Crippen molar-refractivity contribution in [2.24, 2.45) is 0 Å². The summed E-state index contributed by atoms with van der Waals surface area (Å²) < 4.78 is 0. The van der Waals surface area contributed by atoms with Crippen molar-refractivity contribution in [3.05, 3.63) is 67.2 Å². The number of rotatable bonds is 1. The maximum absolute atomic E-state index is 8.25. The smallest absolute Gasteiger partial charge is 0.870 e. The molecule has 2 aromatic rings. The fourth-order valence-electron chi connectivity index (χ4n) is 0.922. The van der Waals surface area contributed by atoms with Crippen LogP contribution in [0.5, 0.6) is 0 Å². The molecule has 0 atom stereocenters. The van der Waals surface area contributed by atoms with E-state index in [-0.39, 0.29) is 72.2 Å². The molecule has 18 heteroatoms. The van der Waals surface area contributed by atoms with Crippen LogP contribution in [0.2, 0.25) is 0 Å². The Morgan fingerprint density at radius 1 is 0.808 bits per heavy atom. The Kier molecular flexibility index (Phi) is 58.7.